The lowest BCUT2D eigenvalue weighted by Gasteiger charge is -2.37. The molecule has 1 aliphatic heterocycles. The molecule has 0 amide bonds. The quantitative estimate of drug-likeness (QED) is 0.720. The van der Waals surface area contributed by atoms with E-state index < -0.39 is 17.8 Å². The van der Waals surface area contributed by atoms with Gasteiger partial charge in [-0.1, -0.05) is 45.0 Å². The Hall–Kier alpha value is -2.25. The standard InChI is InChI=1S/C24H31F3N2O2/c1-23(2,3)21-9-4-5-10-22(21)31-17-20(30)16-28-11-13-29(14-12-28)19-8-6-7-18(15-19)24(25,26)27/h4-10,15,20,30H,11-14,16-17H2,1-3H3. The summed E-state index contributed by atoms with van der Waals surface area (Å²) in [5, 5.41) is 10.5. The van der Waals surface area contributed by atoms with Crippen LogP contribution in [0.1, 0.15) is 31.9 Å². The molecule has 2 aromatic rings. The normalized spacial score (nSPS) is 16.9. The van der Waals surface area contributed by atoms with Crippen molar-refractivity contribution < 1.29 is 23.0 Å². The lowest BCUT2D eigenvalue weighted by molar-refractivity contribution is -0.137. The first kappa shape index (κ1) is 23.4. The van der Waals surface area contributed by atoms with Crippen LogP contribution < -0.4 is 9.64 Å². The number of rotatable bonds is 6. The fraction of sp³-hybridized carbons (Fsp3) is 0.500. The molecule has 0 bridgehead atoms. The molecule has 170 valence electrons. The molecule has 1 atom stereocenters. The Kier molecular flexibility index (Phi) is 7.17. The first-order valence-corrected chi connectivity index (χ1v) is 10.6. The number of aliphatic hydroxyl groups excluding tert-OH is 1. The molecule has 1 saturated heterocycles. The molecule has 1 N–H and O–H groups in total. The van der Waals surface area contributed by atoms with E-state index in [0.29, 0.717) is 38.4 Å². The molecule has 7 heteroatoms. The number of alkyl halides is 3. The second-order valence-corrected chi connectivity index (χ2v) is 9.05. The number of β-amino-alcohol motifs (C(OH)–C–C–N with tert-alkyl or cyclic N) is 1. The van der Waals surface area contributed by atoms with Crippen LogP contribution in [0, 0.1) is 0 Å². The highest BCUT2D eigenvalue weighted by molar-refractivity contribution is 5.49. The molecule has 4 nitrogen and oxygen atoms in total. The van der Waals surface area contributed by atoms with Crippen molar-refractivity contribution in [2.75, 3.05) is 44.2 Å². The summed E-state index contributed by atoms with van der Waals surface area (Å²) in [6.07, 6.45) is -4.98. The zero-order chi connectivity index (χ0) is 22.6. The van der Waals surface area contributed by atoms with Gasteiger partial charge < -0.3 is 14.7 Å². The van der Waals surface area contributed by atoms with E-state index in [0.717, 1.165) is 17.4 Å². The Labute approximate surface area is 182 Å². The molecule has 3 rings (SSSR count). The van der Waals surface area contributed by atoms with Gasteiger partial charge in [-0.25, -0.2) is 0 Å². The number of piperazine rings is 1. The van der Waals surface area contributed by atoms with Crippen LogP contribution >= 0.6 is 0 Å². The van der Waals surface area contributed by atoms with Gasteiger partial charge in [-0.15, -0.1) is 0 Å². The van der Waals surface area contributed by atoms with Crippen molar-refractivity contribution in [3.05, 3.63) is 59.7 Å². The molecule has 1 aliphatic rings. The minimum absolute atomic E-state index is 0.0543. The smallest absolute Gasteiger partial charge is 0.416 e. The van der Waals surface area contributed by atoms with E-state index in [4.69, 9.17) is 4.74 Å². The van der Waals surface area contributed by atoms with Gasteiger partial charge in [0.15, 0.2) is 0 Å². The Morgan fingerprint density at radius 1 is 0.968 bits per heavy atom. The molecule has 0 saturated carbocycles. The zero-order valence-corrected chi connectivity index (χ0v) is 18.3. The molecule has 1 heterocycles. The van der Waals surface area contributed by atoms with Crippen molar-refractivity contribution in [2.45, 2.75) is 38.5 Å². The third kappa shape index (κ3) is 6.37. The van der Waals surface area contributed by atoms with Gasteiger partial charge in [-0.2, -0.15) is 13.2 Å². The number of ether oxygens (including phenoxy) is 1. The summed E-state index contributed by atoms with van der Waals surface area (Å²) in [5.74, 6) is 0.781. The number of benzene rings is 2. The van der Waals surface area contributed by atoms with Crippen LogP contribution in [0.3, 0.4) is 0 Å². The summed E-state index contributed by atoms with van der Waals surface area (Å²) < 4.78 is 44.8. The number of hydrogen-bond donors (Lipinski definition) is 1. The van der Waals surface area contributed by atoms with E-state index in [1.54, 1.807) is 6.07 Å². The third-order valence-corrected chi connectivity index (χ3v) is 5.51. The first-order valence-electron chi connectivity index (χ1n) is 10.6. The molecule has 1 unspecified atom stereocenters. The zero-order valence-electron chi connectivity index (χ0n) is 18.3. The van der Waals surface area contributed by atoms with Crippen molar-refractivity contribution >= 4 is 5.69 Å². The first-order chi connectivity index (χ1) is 14.5. The summed E-state index contributed by atoms with van der Waals surface area (Å²) >= 11 is 0. The lowest BCUT2D eigenvalue weighted by atomic mass is 9.86. The number of hydrogen-bond acceptors (Lipinski definition) is 4. The van der Waals surface area contributed by atoms with Crippen LogP contribution in [-0.2, 0) is 11.6 Å². The summed E-state index contributed by atoms with van der Waals surface area (Å²) in [5.41, 5.74) is 0.992. The van der Waals surface area contributed by atoms with Gasteiger partial charge in [0.1, 0.15) is 18.5 Å². The summed E-state index contributed by atoms with van der Waals surface area (Å²) in [4.78, 5) is 4.07. The predicted octanol–water partition coefficient (Wildman–Crippen LogP) is 4.56. The van der Waals surface area contributed by atoms with E-state index in [-0.39, 0.29) is 12.0 Å². The minimum Gasteiger partial charge on any atom is -0.491 e. The fourth-order valence-corrected chi connectivity index (χ4v) is 3.82. The highest BCUT2D eigenvalue weighted by atomic mass is 19.4. The van der Waals surface area contributed by atoms with Crippen LogP contribution in [0.2, 0.25) is 0 Å². The second-order valence-electron chi connectivity index (χ2n) is 9.05. The number of aliphatic hydroxyl groups is 1. The molecule has 2 aromatic carbocycles. The Balaban J connectivity index is 1.49. The van der Waals surface area contributed by atoms with Crippen LogP contribution in [0.4, 0.5) is 18.9 Å². The minimum atomic E-state index is -4.34. The average molecular weight is 437 g/mol. The van der Waals surface area contributed by atoms with Gasteiger partial charge >= 0.3 is 6.18 Å². The van der Waals surface area contributed by atoms with Crippen LogP contribution in [0.25, 0.3) is 0 Å². The Bertz CT molecular complexity index is 856. The Morgan fingerprint density at radius 2 is 1.65 bits per heavy atom. The van der Waals surface area contributed by atoms with Crippen molar-refractivity contribution in [1.82, 2.24) is 4.90 Å². The van der Waals surface area contributed by atoms with Crippen molar-refractivity contribution in [1.29, 1.82) is 0 Å². The van der Waals surface area contributed by atoms with Gasteiger partial charge in [0.05, 0.1) is 5.56 Å². The number of para-hydroxylation sites is 1. The van der Waals surface area contributed by atoms with Crippen molar-refractivity contribution in [3.8, 4) is 5.75 Å². The molecule has 0 aliphatic carbocycles. The number of halogens is 3. The number of anilines is 1. The molecule has 31 heavy (non-hydrogen) atoms. The third-order valence-electron chi connectivity index (χ3n) is 5.51. The monoisotopic (exact) mass is 436 g/mol. The maximum atomic E-state index is 13.0. The molecule has 0 radical (unpaired) electrons. The Morgan fingerprint density at radius 3 is 2.29 bits per heavy atom. The highest BCUT2D eigenvalue weighted by Crippen LogP contribution is 2.32. The van der Waals surface area contributed by atoms with Crippen molar-refractivity contribution in [3.63, 3.8) is 0 Å². The van der Waals surface area contributed by atoms with Gasteiger partial charge in [0.25, 0.3) is 0 Å². The topological polar surface area (TPSA) is 35.9 Å². The van der Waals surface area contributed by atoms with Gasteiger partial charge in [0, 0.05) is 38.4 Å². The van der Waals surface area contributed by atoms with Crippen molar-refractivity contribution in [2.24, 2.45) is 0 Å². The molecule has 0 aromatic heterocycles. The van der Waals surface area contributed by atoms with Crippen LogP contribution in [0.15, 0.2) is 48.5 Å². The van der Waals surface area contributed by atoms with Gasteiger partial charge in [-0.05, 0) is 35.2 Å². The van der Waals surface area contributed by atoms with E-state index in [1.807, 2.05) is 29.2 Å². The summed E-state index contributed by atoms with van der Waals surface area (Å²) in [7, 11) is 0. The predicted molar refractivity (Wildman–Crippen MR) is 117 cm³/mol. The van der Waals surface area contributed by atoms with E-state index >= 15 is 0 Å². The fourth-order valence-electron chi connectivity index (χ4n) is 3.82. The SMILES string of the molecule is CC(C)(C)c1ccccc1OCC(O)CN1CCN(c2cccc(C(F)(F)F)c2)CC1. The number of nitrogens with zero attached hydrogens (tertiary/aromatic N) is 2. The maximum Gasteiger partial charge on any atom is 0.416 e. The van der Waals surface area contributed by atoms with Gasteiger partial charge in [0.2, 0.25) is 0 Å². The largest absolute Gasteiger partial charge is 0.491 e. The van der Waals surface area contributed by atoms with E-state index in [2.05, 4.69) is 25.7 Å². The molecule has 0 spiro atoms. The highest BCUT2D eigenvalue weighted by Gasteiger charge is 2.31. The van der Waals surface area contributed by atoms with E-state index in [1.165, 1.54) is 12.1 Å². The lowest BCUT2D eigenvalue weighted by Crippen LogP contribution is -2.49. The summed E-state index contributed by atoms with van der Waals surface area (Å²) in [6.45, 7) is 9.59. The molecular weight excluding hydrogens is 405 g/mol. The van der Waals surface area contributed by atoms with Crippen LogP contribution in [0.5, 0.6) is 5.75 Å². The maximum absolute atomic E-state index is 13.0. The van der Waals surface area contributed by atoms with E-state index in [9.17, 15) is 18.3 Å². The van der Waals surface area contributed by atoms with Gasteiger partial charge in [-0.3, -0.25) is 4.90 Å². The average Bonchev–Trinajstić information content (AvgIpc) is 2.72. The van der Waals surface area contributed by atoms with Crippen LogP contribution in [-0.4, -0.2) is 55.4 Å². The molecule has 1 fully saturated rings. The summed E-state index contributed by atoms with van der Waals surface area (Å²) in [6, 6.07) is 13.3. The second kappa shape index (κ2) is 9.49. The molecular formula is C24H31F3N2O2.